The molecule has 0 unspecified atom stereocenters. The molecule has 2 aromatic carbocycles. The van der Waals surface area contributed by atoms with E-state index >= 15 is 0 Å². The Bertz CT molecular complexity index is 1010. The Morgan fingerprint density at radius 2 is 1.68 bits per heavy atom. The van der Waals surface area contributed by atoms with Crippen LogP contribution in [0.2, 0.25) is 0 Å². The molecule has 1 atom stereocenters. The number of piperidine rings is 1. The van der Waals surface area contributed by atoms with Gasteiger partial charge in [0.1, 0.15) is 0 Å². The molecule has 0 spiro atoms. The minimum atomic E-state index is -0.642. The lowest BCUT2D eigenvalue weighted by atomic mass is 9.97. The molecule has 1 aromatic heterocycles. The summed E-state index contributed by atoms with van der Waals surface area (Å²) in [5, 5.41) is 10.9. The largest absolute Gasteiger partial charge is 0.452 e. The Kier molecular flexibility index (Phi) is 6.26. The van der Waals surface area contributed by atoms with E-state index in [0.29, 0.717) is 31.8 Å². The number of hydrogen-bond acceptors (Lipinski definition) is 6. The van der Waals surface area contributed by atoms with Crippen molar-refractivity contribution in [3.8, 4) is 11.5 Å². The molecule has 2 amide bonds. The summed E-state index contributed by atoms with van der Waals surface area (Å²) in [6.45, 7) is 2.69. The highest BCUT2D eigenvalue weighted by atomic mass is 16.6. The van der Waals surface area contributed by atoms with Crippen molar-refractivity contribution in [2.45, 2.75) is 25.9 Å². The molecule has 1 N–H and O–H groups in total. The second-order valence-corrected chi connectivity index (χ2v) is 7.45. The average Bonchev–Trinajstić information content (AvgIpc) is 3.31. The van der Waals surface area contributed by atoms with Crippen LogP contribution >= 0.6 is 0 Å². The number of benzene rings is 2. The molecular formula is C23H24N4O4. The number of aromatic nitrogens is 2. The van der Waals surface area contributed by atoms with Gasteiger partial charge in [0, 0.05) is 24.3 Å². The van der Waals surface area contributed by atoms with Crippen LogP contribution in [-0.2, 0) is 9.53 Å². The van der Waals surface area contributed by atoms with Gasteiger partial charge in [-0.25, -0.2) is 4.79 Å². The molecule has 2 heterocycles. The van der Waals surface area contributed by atoms with Gasteiger partial charge < -0.3 is 19.4 Å². The van der Waals surface area contributed by atoms with E-state index in [9.17, 15) is 9.59 Å². The molecule has 1 fully saturated rings. The number of nitrogens with one attached hydrogen (secondary N) is 1. The van der Waals surface area contributed by atoms with Gasteiger partial charge in [0.25, 0.3) is 5.89 Å². The lowest BCUT2D eigenvalue weighted by Crippen LogP contribution is -2.42. The number of nitrogens with zero attached hydrogens (tertiary/aromatic N) is 3. The first kappa shape index (κ1) is 20.6. The molecule has 31 heavy (non-hydrogen) atoms. The first-order valence-electron chi connectivity index (χ1n) is 10.3. The van der Waals surface area contributed by atoms with Crippen LogP contribution < -0.4 is 5.32 Å². The first-order valence-corrected chi connectivity index (χ1v) is 10.3. The maximum absolute atomic E-state index is 12.6. The van der Waals surface area contributed by atoms with Gasteiger partial charge in [-0.3, -0.25) is 4.79 Å². The van der Waals surface area contributed by atoms with Crippen LogP contribution in [-0.4, -0.2) is 40.2 Å². The summed E-state index contributed by atoms with van der Waals surface area (Å²) in [5.41, 5.74) is 1.55. The monoisotopic (exact) mass is 420 g/mol. The van der Waals surface area contributed by atoms with Crippen LogP contribution in [0.1, 0.15) is 31.8 Å². The zero-order valence-electron chi connectivity index (χ0n) is 17.2. The Morgan fingerprint density at radius 3 is 2.35 bits per heavy atom. The van der Waals surface area contributed by atoms with E-state index in [1.807, 2.05) is 60.7 Å². The summed E-state index contributed by atoms with van der Waals surface area (Å²) < 4.78 is 11.2. The van der Waals surface area contributed by atoms with Crippen molar-refractivity contribution in [3.63, 3.8) is 0 Å². The Balaban J connectivity index is 1.27. The smallest absolute Gasteiger partial charge is 0.321 e. The van der Waals surface area contributed by atoms with E-state index in [0.717, 1.165) is 11.3 Å². The third-order valence-corrected chi connectivity index (χ3v) is 5.24. The van der Waals surface area contributed by atoms with Crippen LogP contribution in [0, 0.1) is 5.92 Å². The maximum atomic E-state index is 12.6. The van der Waals surface area contributed by atoms with Gasteiger partial charge in [0.05, 0.1) is 5.92 Å². The zero-order chi connectivity index (χ0) is 21.6. The number of hydrogen-bond donors (Lipinski definition) is 1. The molecule has 1 aliphatic rings. The predicted molar refractivity (Wildman–Crippen MR) is 114 cm³/mol. The number of urea groups is 1. The van der Waals surface area contributed by atoms with Gasteiger partial charge in [-0.1, -0.05) is 36.4 Å². The standard InChI is InChI=1S/C23H24N4O4/c1-16(20-25-26-21(31-20)17-8-4-2-5-9-17)30-22(28)18-12-14-27(15-13-18)23(29)24-19-10-6-3-7-11-19/h2-11,16,18H,12-15H2,1H3,(H,24,29)/t16-/m1/s1. The topological polar surface area (TPSA) is 97.6 Å². The summed E-state index contributed by atoms with van der Waals surface area (Å²) in [6, 6.07) is 18.6. The van der Waals surface area contributed by atoms with Crippen molar-refractivity contribution in [1.29, 1.82) is 0 Å². The summed E-state index contributed by atoms with van der Waals surface area (Å²) in [5.74, 6) is 0.0675. The van der Waals surface area contributed by atoms with E-state index in [1.54, 1.807) is 11.8 Å². The van der Waals surface area contributed by atoms with Gasteiger partial charge >= 0.3 is 12.0 Å². The third kappa shape index (κ3) is 5.09. The van der Waals surface area contributed by atoms with Gasteiger partial charge in [-0.15, -0.1) is 10.2 Å². The predicted octanol–water partition coefficient (Wildman–Crippen LogP) is 4.28. The molecule has 160 valence electrons. The fourth-order valence-electron chi connectivity index (χ4n) is 3.46. The molecule has 4 rings (SSSR count). The fraction of sp³-hybridized carbons (Fsp3) is 0.304. The van der Waals surface area contributed by atoms with E-state index in [1.165, 1.54) is 0 Å². The summed E-state index contributed by atoms with van der Waals surface area (Å²) in [6.07, 6.45) is 0.455. The van der Waals surface area contributed by atoms with Gasteiger partial charge in [-0.2, -0.15) is 0 Å². The SMILES string of the molecule is C[C@@H](OC(=O)C1CCN(C(=O)Nc2ccccc2)CC1)c1nnc(-c2ccccc2)o1. The van der Waals surface area contributed by atoms with E-state index in [-0.39, 0.29) is 23.8 Å². The number of likely N-dealkylation sites (tertiary alicyclic amines) is 1. The zero-order valence-corrected chi connectivity index (χ0v) is 17.2. The molecule has 8 nitrogen and oxygen atoms in total. The molecule has 0 radical (unpaired) electrons. The lowest BCUT2D eigenvalue weighted by molar-refractivity contribution is -0.156. The number of para-hydroxylation sites is 1. The normalized spacial score (nSPS) is 15.3. The number of anilines is 1. The van der Waals surface area contributed by atoms with Crippen molar-refractivity contribution in [2.24, 2.45) is 5.92 Å². The van der Waals surface area contributed by atoms with Crippen molar-refractivity contribution >= 4 is 17.7 Å². The fourth-order valence-corrected chi connectivity index (χ4v) is 3.46. The summed E-state index contributed by atoms with van der Waals surface area (Å²) in [4.78, 5) is 26.7. The number of esters is 1. The van der Waals surface area contributed by atoms with Crippen LogP contribution in [0.3, 0.4) is 0 Å². The van der Waals surface area contributed by atoms with Crippen molar-refractivity contribution in [3.05, 3.63) is 66.6 Å². The van der Waals surface area contributed by atoms with E-state index < -0.39 is 6.10 Å². The Morgan fingerprint density at radius 1 is 1.03 bits per heavy atom. The lowest BCUT2D eigenvalue weighted by Gasteiger charge is -2.31. The molecule has 0 aliphatic carbocycles. The second-order valence-electron chi connectivity index (χ2n) is 7.45. The average molecular weight is 420 g/mol. The molecular weight excluding hydrogens is 396 g/mol. The molecule has 1 aliphatic heterocycles. The molecule has 0 bridgehead atoms. The first-order chi connectivity index (χ1) is 15.1. The summed E-state index contributed by atoms with van der Waals surface area (Å²) in [7, 11) is 0. The maximum Gasteiger partial charge on any atom is 0.321 e. The third-order valence-electron chi connectivity index (χ3n) is 5.24. The number of rotatable bonds is 5. The number of ether oxygens (including phenoxy) is 1. The Hall–Kier alpha value is -3.68. The minimum absolute atomic E-state index is 0.161. The van der Waals surface area contributed by atoms with Crippen molar-refractivity contribution in [2.75, 3.05) is 18.4 Å². The van der Waals surface area contributed by atoms with E-state index in [4.69, 9.17) is 9.15 Å². The molecule has 3 aromatic rings. The Labute approximate surface area is 180 Å². The highest BCUT2D eigenvalue weighted by Gasteiger charge is 2.30. The second kappa shape index (κ2) is 9.42. The van der Waals surface area contributed by atoms with Gasteiger partial charge in [0.2, 0.25) is 5.89 Å². The molecule has 1 saturated heterocycles. The van der Waals surface area contributed by atoms with E-state index in [2.05, 4.69) is 15.5 Å². The molecule has 8 heteroatoms. The van der Waals surface area contributed by atoms with Crippen LogP contribution in [0.4, 0.5) is 10.5 Å². The number of amides is 2. The van der Waals surface area contributed by atoms with Crippen LogP contribution in [0.5, 0.6) is 0 Å². The number of carbonyl (C=O) groups excluding carboxylic acids is 2. The van der Waals surface area contributed by atoms with Crippen molar-refractivity contribution < 1.29 is 18.7 Å². The van der Waals surface area contributed by atoms with Crippen molar-refractivity contribution in [1.82, 2.24) is 15.1 Å². The highest BCUT2D eigenvalue weighted by Crippen LogP contribution is 2.25. The van der Waals surface area contributed by atoms with Gasteiger partial charge in [-0.05, 0) is 44.0 Å². The summed E-state index contributed by atoms with van der Waals surface area (Å²) >= 11 is 0. The quantitative estimate of drug-likeness (QED) is 0.619. The van der Waals surface area contributed by atoms with Crippen LogP contribution in [0.25, 0.3) is 11.5 Å². The van der Waals surface area contributed by atoms with Gasteiger partial charge in [0.15, 0.2) is 6.10 Å². The number of carbonyl (C=O) groups is 2. The minimum Gasteiger partial charge on any atom is -0.452 e. The molecule has 0 saturated carbocycles. The highest BCUT2D eigenvalue weighted by molar-refractivity contribution is 5.89. The van der Waals surface area contributed by atoms with Crippen LogP contribution in [0.15, 0.2) is 65.1 Å².